The van der Waals surface area contributed by atoms with Crippen molar-refractivity contribution >= 4 is 0 Å². The van der Waals surface area contributed by atoms with E-state index in [1.165, 1.54) is 24.8 Å². The molecule has 0 radical (unpaired) electrons. The standard InChI is InChI=1S/C15H20O2/c1-17-13-6-4-10(5-7-13)14-9-15(16)12-3-2-11(14)8-12/h4-7,11-12,14-16H,2-3,8-9H2,1H3. The summed E-state index contributed by atoms with van der Waals surface area (Å²) in [6.07, 6.45) is 4.59. The minimum absolute atomic E-state index is 0.0825. The Hall–Kier alpha value is -1.02. The minimum atomic E-state index is -0.0825. The highest BCUT2D eigenvalue weighted by atomic mass is 16.5. The van der Waals surface area contributed by atoms with E-state index < -0.39 is 0 Å². The number of hydrogen-bond acceptors (Lipinski definition) is 2. The second-order valence-corrected chi connectivity index (χ2v) is 5.52. The zero-order valence-electron chi connectivity index (χ0n) is 10.3. The zero-order chi connectivity index (χ0) is 11.8. The Labute approximate surface area is 103 Å². The van der Waals surface area contributed by atoms with Crippen molar-refractivity contribution in [2.45, 2.75) is 37.7 Å². The first kappa shape index (κ1) is 11.1. The van der Waals surface area contributed by atoms with Crippen LogP contribution in [0.4, 0.5) is 0 Å². The number of methoxy groups -OCH3 is 1. The van der Waals surface area contributed by atoms with Crippen LogP contribution < -0.4 is 4.74 Å². The van der Waals surface area contributed by atoms with Gasteiger partial charge in [-0.1, -0.05) is 12.1 Å². The van der Waals surface area contributed by atoms with Gasteiger partial charge in [-0.25, -0.2) is 0 Å². The summed E-state index contributed by atoms with van der Waals surface area (Å²) in [6.45, 7) is 0. The van der Waals surface area contributed by atoms with Gasteiger partial charge in [0.2, 0.25) is 0 Å². The van der Waals surface area contributed by atoms with Crippen LogP contribution in [0.2, 0.25) is 0 Å². The van der Waals surface area contributed by atoms with Gasteiger partial charge in [0.05, 0.1) is 13.2 Å². The molecule has 92 valence electrons. The van der Waals surface area contributed by atoms with Gasteiger partial charge in [0, 0.05) is 0 Å². The Bertz CT molecular complexity index is 384. The van der Waals surface area contributed by atoms with Gasteiger partial charge in [-0.3, -0.25) is 0 Å². The van der Waals surface area contributed by atoms with Crippen molar-refractivity contribution in [3.63, 3.8) is 0 Å². The third kappa shape index (κ3) is 1.95. The third-order valence-electron chi connectivity index (χ3n) is 4.67. The number of aliphatic hydroxyl groups excluding tert-OH is 1. The largest absolute Gasteiger partial charge is 0.497 e. The van der Waals surface area contributed by atoms with Gasteiger partial charge < -0.3 is 9.84 Å². The SMILES string of the molecule is COc1ccc(C2CC(O)C3CCC2C3)cc1. The van der Waals surface area contributed by atoms with Crippen molar-refractivity contribution in [3.8, 4) is 5.75 Å². The molecule has 2 saturated carbocycles. The van der Waals surface area contributed by atoms with Crippen LogP contribution in [0.1, 0.15) is 37.2 Å². The monoisotopic (exact) mass is 232 g/mol. The fourth-order valence-electron chi connectivity index (χ4n) is 3.67. The summed E-state index contributed by atoms with van der Waals surface area (Å²) in [6, 6.07) is 8.38. The summed E-state index contributed by atoms with van der Waals surface area (Å²) >= 11 is 0. The number of fused-ring (bicyclic) bond motifs is 2. The van der Waals surface area contributed by atoms with Gasteiger partial charge in [0.1, 0.15) is 5.75 Å². The quantitative estimate of drug-likeness (QED) is 0.849. The molecule has 4 atom stereocenters. The highest BCUT2D eigenvalue weighted by Crippen LogP contribution is 2.49. The van der Waals surface area contributed by atoms with Crippen molar-refractivity contribution in [3.05, 3.63) is 29.8 Å². The van der Waals surface area contributed by atoms with Gasteiger partial charge in [-0.15, -0.1) is 0 Å². The van der Waals surface area contributed by atoms with Crippen LogP contribution in [0.5, 0.6) is 5.75 Å². The van der Waals surface area contributed by atoms with Crippen LogP contribution in [0.15, 0.2) is 24.3 Å². The molecule has 0 heterocycles. The van der Waals surface area contributed by atoms with Crippen molar-refractivity contribution in [2.75, 3.05) is 7.11 Å². The molecule has 1 aromatic rings. The molecule has 0 aromatic heterocycles. The Balaban J connectivity index is 1.82. The molecular weight excluding hydrogens is 212 g/mol. The van der Waals surface area contributed by atoms with Crippen LogP contribution >= 0.6 is 0 Å². The topological polar surface area (TPSA) is 29.5 Å². The van der Waals surface area contributed by atoms with Gasteiger partial charge >= 0.3 is 0 Å². The smallest absolute Gasteiger partial charge is 0.118 e. The molecule has 0 saturated heterocycles. The van der Waals surface area contributed by atoms with Gasteiger partial charge in [0.15, 0.2) is 0 Å². The van der Waals surface area contributed by atoms with Crippen molar-refractivity contribution in [2.24, 2.45) is 11.8 Å². The molecule has 2 aliphatic rings. The first-order chi connectivity index (χ1) is 8.28. The van der Waals surface area contributed by atoms with E-state index in [1.54, 1.807) is 7.11 Å². The van der Waals surface area contributed by atoms with Gasteiger partial charge in [0.25, 0.3) is 0 Å². The second kappa shape index (κ2) is 4.34. The van der Waals surface area contributed by atoms with E-state index in [9.17, 15) is 5.11 Å². The van der Waals surface area contributed by atoms with Crippen LogP contribution in [-0.2, 0) is 0 Å². The third-order valence-corrected chi connectivity index (χ3v) is 4.67. The predicted molar refractivity (Wildman–Crippen MR) is 67.2 cm³/mol. The summed E-state index contributed by atoms with van der Waals surface area (Å²) in [7, 11) is 1.70. The fourth-order valence-corrected chi connectivity index (χ4v) is 3.67. The first-order valence-corrected chi connectivity index (χ1v) is 6.60. The molecule has 2 bridgehead atoms. The van der Waals surface area contributed by atoms with E-state index in [2.05, 4.69) is 12.1 Å². The predicted octanol–water partition coefficient (Wildman–Crippen LogP) is 2.96. The summed E-state index contributed by atoms with van der Waals surface area (Å²) in [5, 5.41) is 10.1. The molecule has 3 rings (SSSR count). The second-order valence-electron chi connectivity index (χ2n) is 5.52. The van der Waals surface area contributed by atoms with E-state index in [4.69, 9.17) is 4.74 Å². The lowest BCUT2D eigenvalue weighted by atomic mass is 9.75. The Morgan fingerprint density at radius 2 is 1.76 bits per heavy atom. The molecule has 17 heavy (non-hydrogen) atoms. The average molecular weight is 232 g/mol. The lowest BCUT2D eigenvalue weighted by molar-refractivity contribution is 0.0662. The van der Waals surface area contributed by atoms with Crippen LogP contribution in [0.25, 0.3) is 0 Å². The maximum Gasteiger partial charge on any atom is 0.118 e. The highest BCUT2D eigenvalue weighted by Gasteiger charge is 2.41. The lowest BCUT2D eigenvalue weighted by Gasteiger charge is -2.32. The molecule has 1 N–H and O–H groups in total. The number of ether oxygens (including phenoxy) is 1. The van der Waals surface area contributed by atoms with E-state index >= 15 is 0 Å². The first-order valence-electron chi connectivity index (χ1n) is 6.60. The number of hydrogen-bond donors (Lipinski definition) is 1. The lowest BCUT2D eigenvalue weighted by Crippen LogP contribution is -2.28. The van der Waals surface area contributed by atoms with Crippen molar-refractivity contribution in [1.29, 1.82) is 0 Å². The number of aliphatic hydroxyl groups is 1. The molecule has 2 heteroatoms. The molecule has 2 fully saturated rings. The zero-order valence-corrected chi connectivity index (χ0v) is 10.3. The number of benzene rings is 1. The molecular formula is C15H20O2. The van der Waals surface area contributed by atoms with E-state index in [-0.39, 0.29) is 6.10 Å². The minimum Gasteiger partial charge on any atom is -0.497 e. The molecule has 4 unspecified atom stereocenters. The molecule has 0 aliphatic heterocycles. The summed E-state index contributed by atoms with van der Waals surface area (Å²) in [5.41, 5.74) is 1.37. The number of rotatable bonds is 2. The van der Waals surface area contributed by atoms with E-state index in [0.717, 1.165) is 18.1 Å². The van der Waals surface area contributed by atoms with E-state index in [0.29, 0.717) is 11.8 Å². The summed E-state index contributed by atoms with van der Waals surface area (Å²) < 4.78 is 5.19. The Morgan fingerprint density at radius 1 is 1.06 bits per heavy atom. The maximum atomic E-state index is 10.1. The Kier molecular flexibility index (Phi) is 2.83. The van der Waals surface area contributed by atoms with Crippen molar-refractivity contribution in [1.82, 2.24) is 0 Å². The van der Waals surface area contributed by atoms with E-state index in [1.807, 2.05) is 12.1 Å². The summed E-state index contributed by atoms with van der Waals surface area (Å²) in [5.74, 6) is 2.83. The fraction of sp³-hybridized carbons (Fsp3) is 0.600. The van der Waals surface area contributed by atoms with Gasteiger partial charge in [-0.05, 0) is 61.1 Å². The maximum absolute atomic E-state index is 10.1. The molecule has 2 aliphatic carbocycles. The van der Waals surface area contributed by atoms with Gasteiger partial charge in [-0.2, -0.15) is 0 Å². The highest BCUT2D eigenvalue weighted by molar-refractivity contribution is 5.30. The molecule has 0 spiro atoms. The van der Waals surface area contributed by atoms with Crippen molar-refractivity contribution < 1.29 is 9.84 Å². The van der Waals surface area contributed by atoms with Crippen LogP contribution in [0, 0.1) is 11.8 Å². The molecule has 0 amide bonds. The average Bonchev–Trinajstić information content (AvgIpc) is 2.80. The van der Waals surface area contributed by atoms with Crippen LogP contribution in [0.3, 0.4) is 0 Å². The molecule has 1 aromatic carbocycles. The normalized spacial score (nSPS) is 35.9. The molecule has 2 nitrogen and oxygen atoms in total. The Morgan fingerprint density at radius 3 is 2.47 bits per heavy atom. The van der Waals surface area contributed by atoms with Crippen LogP contribution in [-0.4, -0.2) is 18.3 Å². The summed E-state index contributed by atoms with van der Waals surface area (Å²) in [4.78, 5) is 0.